The molecule has 16 heteroatoms. The Hall–Kier alpha value is -6.23. The summed E-state index contributed by atoms with van der Waals surface area (Å²) < 4.78 is 36.2. The lowest BCUT2D eigenvalue weighted by molar-refractivity contribution is -0.346. The van der Waals surface area contributed by atoms with E-state index in [0.29, 0.717) is 5.56 Å². The Bertz CT molecular complexity index is 2400. The second-order valence-corrected chi connectivity index (χ2v) is 17.9. The summed E-state index contributed by atoms with van der Waals surface area (Å²) in [5.41, 5.74) is -7.20. The van der Waals surface area contributed by atoms with Crippen molar-refractivity contribution in [2.45, 2.75) is 115 Å². The van der Waals surface area contributed by atoms with Crippen LogP contribution in [-0.2, 0) is 52.4 Å². The van der Waals surface area contributed by atoms with Crippen molar-refractivity contribution in [2.75, 3.05) is 6.61 Å². The van der Waals surface area contributed by atoms with Crippen molar-refractivity contribution in [3.05, 3.63) is 119 Å². The van der Waals surface area contributed by atoms with Gasteiger partial charge in [0.2, 0.25) is 6.10 Å². The molecule has 0 unspecified atom stereocenters. The van der Waals surface area contributed by atoms with Gasteiger partial charge in [0.15, 0.2) is 17.5 Å². The molecule has 3 aromatic carbocycles. The molecule has 1 saturated heterocycles. The van der Waals surface area contributed by atoms with Crippen LogP contribution in [0.5, 0.6) is 0 Å². The number of hydrogen-bond donors (Lipinski definition) is 3. The van der Waals surface area contributed by atoms with Gasteiger partial charge in [-0.1, -0.05) is 80.6 Å². The lowest BCUT2D eigenvalue weighted by Crippen LogP contribution is -2.82. The lowest BCUT2D eigenvalue weighted by Gasteiger charge is -2.67. The molecule has 16 nitrogen and oxygen atoms in total. The highest BCUT2D eigenvalue weighted by Gasteiger charge is 2.78. The van der Waals surface area contributed by atoms with Crippen LogP contribution in [0.1, 0.15) is 93.6 Å². The molecule has 0 spiro atoms. The summed E-state index contributed by atoms with van der Waals surface area (Å²) in [6.45, 7) is 8.99. The average Bonchev–Trinajstić information content (AvgIpc) is 3.26. The minimum atomic E-state index is -2.43. The highest BCUT2D eigenvalue weighted by Crippen LogP contribution is 2.64. The van der Waals surface area contributed by atoms with Gasteiger partial charge in [-0.25, -0.2) is 9.59 Å². The van der Waals surface area contributed by atoms with E-state index in [9.17, 15) is 39.0 Å². The maximum atomic E-state index is 15.6. The molecule has 3 fully saturated rings. The highest BCUT2D eigenvalue weighted by atomic mass is 16.6. The number of ether oxygens (including phenoxy) is 6. The number of aliphatic hydroxyl groups is 2. The molecule has 11 atom stereocenters. The van der Waals surface area contributed by atoms with E-state index < -0.39 is 119 Å². The van der Waals surface area contributed by atoms with Crippen molar-refractivity contribution in [2.24, 2.45) is 16.7 Å². The third kappa shape index (κ3) is 8.12. The van der Waals surface area contributed by atoms with Gasteiger partial charge < -0.3 is 44.0 Å². The number of nitrogens with one attached hydrogen (secondary N) is 1. The van der Waals surface area contributed by atoms with Crippen molar-refractivity contribution in [1.29, 1.82) is 0 Å². The van der Waals surface area contributed by atoms with Crippen LogP contribution in [0.2, 0.25) is 0 Å². The zero-order valence-electron chi connectivity index (χ0n) is 37.1. The number of carbonyl (C=O) groups excluding carboxylic acids is 7. The zero-order chi connectivity index (χ0) is 47.2. The quantitative estimate of drug-likeness (QED) is 0.139. The van der Waals surface area contributed by atoms with Gasteiger partial charge in [-0.15, -0.1) is 0 Å². The van der Waals surface area contributed by atoms with E-state index in [2.05, 4.69) is 5.32 Å². The molecule has 3 aliphatic carbocycles. The number of carbonyl (C=O) groups is 7. The summed E-state index contributed by atoms with van der Waals surface area (Å²) in [7, 11) is 0. The molecule has 1 aliphatic heterocycles. The molecule has 3 N–H and O–H groups in total. The Morgan fingerprint density at radius 3 is 1.91 bits per heavy atom. The largest absolute Gasteiger partial charge is 0.455 e. The fourth-order valence-corrected chi connectivity index (χ4v) is 10.5. The fourth-order valence-electron chi connectivity index (χ4n) is 10.5. The number of aliphatic hydroxyl groups excluding tert-OH is 1. The lowest BCUT2D eigenvalue weighted by atomic mass is 9.44. The van der Waals surface area contributed by atoms with Gasteiger partial charge in [-0.05, 0) is 54.8 Å². The number of amides is 1. The molecular formula is C49H53NO15. The average molecular weight is 896 g/mol. The first-order valence-corrected chi connectivity index (χ1v) is 21.4. The molecule has 1 heterocycles. The minimum Gasteiger partial charge on any atom is -0.455 e. The van der Waals surface area contributed by atoms with Crippen LogP contribution in [0.3, 0.4) is 0 Å². The maximum absolute atomic E-state index is 15.6. The van der Waals surface area contributed by atoms with Crippen molar-refractivity contribution < 1.29 is 72.2 Å². The Morgan fingerprint density at radius 1 is 0.785 bits per heavy atom. The Morgan fingerprint density at radius 2 is 1.37 bits per heavy atom. The van der Waals surface area contributed by atoms with Gasteiger partial charge >= 0.3 is 29.8 Å². The van der Waals surface area contributed by atoms with E-state index in [4.69, 9.17) is 28.4 Å². The number of hydrogen-bond acceptors (Lipinski definition) is 15. The van der Waals surface area contributed by atoms with Crippen LogP contribution >= 0.6 is 0 Å². The number of benzene rings is 3. The summed E-state index contributed by atoms with van der Waals surface area (Å²) in [4.78, 5) is 97.4. The Labute approximate surface area is 375 Å². The smallest absolute Gasteiger partial charge is 0.350 e. The molecule has 0 aromatic heterocycles. The first-order chi connectivity index (χ1) is 30.7. The van der Waals surface area contributed by atoms with Gasteiger partial charge in [-0.2, -0.15) is 0 Å². The number of Topliss-reactive ketones (excluding diaryl/α,β-unsaturated/α-hetero) is 1. The van der Waals surface area contributed by atoms with E-state index in [-0.39, 0.29) is 35.3 Å². The third-order valence-electron chi connectivity index (χ3n) is 13.8. The van der Waals surface area contributed by atoms with Crippen molar-refractivity contribution in [3.8, 4) is 0 Å². The normalized spacial score (nSPS) is 30.8. The zero-order valence-corrected chi connectivity index (χ0v) is 37.1. The minimum absolute atomic E-state index is 0.0218. The van der Waals surface area contributed by atoms with Crippen LogP contribution in [0.25, 0.3) is 0 Å². The monoisotopic (exact) mass is 895 g/mol. The van der Waals surface area contributed by atoms with E-state index in [1.165, 1.54) is 26.0 Å². The van der Waals surface area contributed by atoms with Crippen LogP contribution < -0.4 is 5.32 Å². The predicted octanol–water partition coefficient (Wildman–Crippen LogP) is 4.31. The van der Waals surface area contributed by atoms with E-state index in [1.54, 1.807) is 92.7 Å². The number of esters is 5. The first kappa shape index (κ1) is 46.8. The van der Waals surface area contributed by atoms with Crippen LogP contribution in [0.4, 0.5) is 0 Å². The standard InChI is InChI=1S/C49H53NO15/c1-26-33(63-45(58)39(62-28(3)52)37(30-17-11-8-12-18-30)50-43(56)31-19-13-9-14-20-31)24-49(59)42(64-44(57)32-21-15-10-16-22-32)40-47(7,34(54)23-35-48(40,25-60-35)65-29(4)53)41(55)38(61-27(2)51)36(26)46(49,5)6/h8-22,33-35,37-40,42,54,59H,23-25H2,1-7H3,(H,50,56)/t33-,34-,35+,37-,38+,39+,40-,42-,47+,48-,49+/m0/s1. The molecule has 0 radical (unpaired) electrons. The third-order valence-corrected chi connectivity index (χ3v) is 13.8. The Kier molecular flexibility index (Phi) is 12.7. The van der Waals surface area contributed by atoms with Gasteiger partial charge in [0, 0.05) is 44.6 Å². The van der Waals surface area contributed by atoms with Crippen LogP contribution in [0, 0.1) is 16.7 Å². The molecule has 2 bridgehead atoms. The van der Waals surface area contributed by atoms with Crippen molar-refractivity contribution in [1.82, 2.24) is 5.32 Å². The molecule has 7 rings (SSSR count). The number of fused-ring (bicyclic) bond motifs is 5. The summed E-state index contributed by atoms with van der Waals surface area (Å²) >= 11 is 0. The van der Waals surface area contributed by atoms with Gasteiger partial charge in [0.1, 0.15) is 30.0 Å². The molecule has 1 amide bonds. The molecule has 3 aromatic rings. The Balaban J connectivity index is 1.42. The fraction of sp³-hybridized carbons (Fsp3) is 0.449. The van der Waals surface area contributed by atoms with Crippen LogP contribution in [-0.4, -0.2) is 106 Å². The first-order valence-electron chi connectivity index (χ1n) is 21.4. The number of rotatable bonds is 11. The van der Waals surface area contributed by atoms with E-state index >= 15 is 4.79 Å². The van der Waals surface area contributed by atoms with E-state index in [0.717, 1.165) is 20.8 Å². The summed E-state index contributed by atoms with van der Waals surface area (Å²) in [6.07, 6.45) is -10.5. The second-order valence-electron chi connectivity index (χ2n) is 17.9. The SMILES string of the molecule is CC(=O)O[C@H]1C(=O)[C@@]2(C)[C@H]([C@H](OC(=O)c3ccccc3)[C@]3(O)C[C@H](OC(=O)[C@H](OC(C)=O)[C@@H](NC(=O)c4ccccc4)c4ccccc4)C(C)=C1C3(C)C)[C@]1(OC(C)=O)CO[C@@H]1C[C@@H]2O. The molecule has 4 aliphatic rings. The molecular weight excluding hydrogens is 843 g/mol. The molecule has 2 saturated carbocycles. The maximum Gasteiger partial charge on any atom is 0.350 e. The van der Waals surface area contributed by atoms with Gasteiger partial charge in [0.25, 0.3) is 5.91 Å². The summed E-state index contributed by atoms with van der Waals surface area (Å²) in [5, 5.41) is 28.7. The molecule has 344 valence electrons. The summed E-state index contributed by atoms with van der Waals surface area (Å²) in [6, 6.07) is 22.9. The number of ketones is 1. The van der Waals surface area contributed by atoms with Crippen LogP contribution in [0.15, 0.2) is 102 Å². The molecule has 65 heavy (non-hydrogen) atoms. The highest BCUT2D eigenvalue weighted by molar-refractivity contribution is 5.96. The second kappa shape index (κ2) is 17.6. The van der Waals surface area contributed by atoms with Crippen molar-refractivity contribution >= 4 is 41.5 Å². The van der Waals surface area contributed by atoms with Gasteiger partial charge in [0.05, 0.1) is 29.6 Å². The summed E-state index contributed by atoms with van der Waals surface area (Å²) in [5.74, 6) is -7.79. The van der Waals surface area contributed by atoms with Gasteiger partial charge in [-0.3, -0.25) is 24.0 Å². The topological polar surface area (TPSA) is 227 Å². The van der Waals surface area contributed by atoms with E-state index in [1.807, 2.05) is 0 Å². The predicted molar refractivity (Wildman–Crippen MR) is 227 cm³/mol. The van der Waals surface area contributed by atoms with Crippen molar-refractivity contribution in [3.63, 3.8) is 0 Å².